The van der Waals surface area contributed by atoms with Crippen LogP contribution in [0.5, 0.6) is 0 Å². The molecule has 2 heterocycles. The third-order valence-electron chi connectivity index (χ3n) is 5.35. The first-order chi connectivity index (χ1) is 12.2. The molecule has 0 saturated carbocycles. The van der Waals surface area contributed by atoms with E-state index in [0.717, 1.165) is 49.7 Å². The summed E-state index contributed by atoms with van der Waals surface area (Å²) in [5, 5.41) is 19.3. The van der Waals surface area contributed by atoms with Crippen molar-refractivity contribution in [2.75, 3.05) is 6.54 Å². The molecule has 25 heavy (non-hydrogen) atoms. The van der Waals surface area contributed by atoms with Gasteiger partial charge >= 0.3 is 0 Å². The lowest BCUT2D eigenvalue weighted by molar-refractivity contribution is 0.0953. The maximum Gasteiger partial charge on any atom is 0.147 e. The van der Waals surface area contributed by atoms with Gasteiger partial charge in [-0.3, -0.25) is 4.90 Å². The Kier molecular flexibility index (Phi) is 6.21. The maximum absolute atomic E-state index is 10.7. The zero-order valence-corrected chi connectivity index (χ0v) is 15.4. The molecule has 1 saturated heterocycles. The molecule has 3 rings (SSSR count). The van der Waals surface area contributed by atoms with Gasteiger partial charge in [0.15, 0.2) is 0 Å². The summed E-state index contributed by atoms with van der Waals surface area (Å²) in [6.45, 7) is 6.94. The Bertz CT molecular complexity index is 655. The quantitative estimate of drug-likeness (QED) is 0.873. The van der Waals surface area contributed by atoms with E-state index in [0.29, 0.717) is 6.04 Å². The molecule has 136 valence electrons. The maximum atomic E-state index is 10.7. The van der Waals surface area contributed by atoms with Crippen molar-refractivity contribution in [1.82, 2.24) is 19.7 Å². The average molecular weight is 342 g/mol. The minimum Gasteiger partial charge on any atom is -0.388 e. The second-order valence-electron chi connectivity index (χ2n) is 7.04. The number of benzene rings is 1. The first-order valence-corrected chi connectivity index (χ1v) is 9.54. The van der Waals surface area contributed by atoms with E-state index in [9.17, 15) is 5.11 Å². The minimum absolute atomic E-state index is 0.389. The van der Waals surface area contributed by atoms with Crippen LogP contribution in [-0.4, -0.2) is 37.4 Å². The molecule has 0 radical (unpaired) electrons. The average Bonchev–Trinajstić information content (AvgIpc) is 2.84. The first kappa shape index (κ1) is 18.1. The molecule has 2 unspecified atom stereocenters. The highest BCUT2D eigenvalue weighted by Gasteiger charge is 2.25. The van der Waals surface area contributed by atoms with Gasteiger partial charge in [-0.05, 0) is 45.2 Å². The van der Waals surface area contributed by atoms with E-state index in [1.165, 1.54) is 19.3 Å². The van der Waals surface area contributed by atoms with Gasteiger partial charge < -0.3 is 9.67 Å². The summed E-state index contributed by atoms with van der Waals surface area (Å²) < 4.78 is 2.19. The highest BCUT2D eigenvalue weighted by molar-refractivity contribution is 5.17. The van der Waals surface area contributed by atoms with Gasteiger partial charge in [0.1, 0.15) is 11.6 Å². The van der Waals surface area contributed by atoms with Crippen molar-refractivity contribution < 1.29 is 5.11 Å². The Morgan fingerprint density at radius 1 is 1.16 bits per heavy atom. The third kappa shape index (κ3) is 4.47. The Labute approximate surface area is 150 Å². The fourth-order valence-electron chi connectivity index (χ4n) is 3.92. The number of aliphatic hydroxyl groups is 1. The number of likely N-dealkylation sites (tertiary alicyclic amines) is 1. The fourth-order valence-corrected chi connectivity index (χ4v) is 3.92. The van der Waals surface area contributed by atoms with Gasteiger partial charge in [0.25, 0.3) is 0 Å². The number of aromatic nitrogens is 3. The molecule has 2 atom stereocenters. The Morgan fingerprint density at radius 3 is 2.72 bits per heavy atom. The van der Waals surface area contributed by atoms with Crippen LogP contribution in [0, 0.1) is 6.92 Å². The number of aryl methyl sites for hydroxylation is 1. The Morgan fingerprint density at radius 2 is 1.96 bits per heavy atom. The van der Waals surface area contributed by atoms with Crippen LogP contribution in [0.3, 0.4) is 0 Å². The zero-order valence-electron chi connectivity index (χ0n) is 15.4. The summed E-state index contributed by atoms with van der Waals surface area (Å²) in [6, 6.07) is 10.4. The summed E-state index contributed by atoms with van der Waals surface area (Å²) in [5.74, 6) is 2.02. The monoisotopic (exact) mass is 342 g/mol. The summed E-state index contributed by atoms with van der Waals surface area (Å²) in [4.78, 5) is 2.51. The van der Waals surface area contributed by atoms with Crippen LogP contribution in [0.2, 0.25) is 0 Å². The van der Waals surface area contributed by atoms with Crippen LogP contribution in [0.15, 0.2) is 30.3 Å². The van der Waals surface area contributed by atoms with Crippen LogP contribution in [-0.2, 0) is 13.1 Å². The van der Waals surface area contributed by atoms with Gasteiger partial charge in [-0.25, -0.2) is 0 Å². The van der Waals surface area contributed by atoms with Crippen molar-refractivity contribution in [2.45, 2.75) is 71.2 Å². The molecule has 5 nitrogen and oxygen atoms in total. The topological polar surface area (TPSA) is 54.2 Å². The standard InChI is InChI=1S/C20H30N4O/c1-3-24-16(2)21-22-20(24)15-23-13-9-5-8-12-18(23)14-19(25)17-10-6-4-7-11-17/h4,6-7,10-11,18-19,25H,3,5,8-9,12-15H2,1-2H3. The summed E-state index contributed by atoms with van der Waals surface area (Å²) >= 11 is 0. The van der Waals surface area contributed by atoms with Gasteiger partial charge in [-0.15, -0.1) is 10.2 Å². The largest absolute Gasteiger partial charge is 0.388 e. The van der Waals surface area contributed by atoms with Crippen molar-refractivity contribution in [3.8, 4) is 0 Å². The van der Waals surface area contributed by atoms with Gasteiger partial charge in [0, 0.05) is 12.6 Å². The fraction of sp³-hybridized carbons (Fsp3) is 0.600. The van der Waals surface area contributed by atoms with Crippen LogP contribution >= 0.6 is 0 Å². The van der Waals surface area contributed by atoms with E-state index in [-0.39, 0.29) is 0 Å². The van der Waals surface area contributed by atoms with Crippen LogP contribution < -0.4 is 0 Å². The SMILES string of the molecule is CCn1c(C)nnc1CN1CCCCCC1CC(O)c1ccccc1. The smallest absolute Gasteiger partial charge is 0.147 e. The van der Waals surface area contributed by atoms with Crippen molar-refractivity contribution in [2.24, 2.45) is 0 Å². The summed E-state index contributed by atoms with van der Waals surface area (Å²) in [6.07, 6.45) is 5.25. The van der Waals surface area contributed by atoms with Crippen molar-refractivity contribution in [3.05, 3.63) is 47.5 Å². The number of hydrogen-bond donors (Lipinski definition) is 1. The molecule has 1 fully saturated rings. The van der Waals surface area contributed by atoms with Gasteiger partial charge in [-0.1, -0.05) is 43.2 Å². The molecule has 5 heteroatoms. The second kappa shape index (κ2) is 8.59. The van der Waals surface area contributed by atoms with Gasteiger partial charge in [-0.2, -0.15) is 0 Å². The lowest BCUT2D eigenvalue weighted by Gasteiger charge is -2.31. The molecule has 0 aliphatic carbocycles. The van der Waals surface area contributed by atoms with E-state index in [4.69, 9.17) is 0 Å². The lowest BCUT2D eigenvalue weighted by Crippen LogP contribution is -2.36. The molecule has 0 amide bonds. The molecule has 2 aromatic rings. The van der Waals surface area contributed by atoms with Crippen LogP contribution in [0.25, 0.3) is 0 Å². The van der Waals surface area contributed by atoms with Crippen molar-refractivity contribution >= 4 is 0 Å². The summed E-state index contributed by atoms with van der Waals surface area (Å²) in [7, 11) is 0. The molecule has 1 aromatic heterocycles. The number of nitrogens with zero attached hydrogens (tertiary/aromatic N) is 4. The van der Waals surface area contributed by atoms with Crippen molar-refractivity contribution in [3.63, 3.8) is 0 Å². The molecule has 0 bridgehead atoms. The molecule has 1 aliphatic heterocycles. The molecule has 1 aliphatic rings. The lowest BCUT2D eigenvalue weighted by atomic mass is 9.98. The molecule has 1 aromatic carbocycles. The van der Waals surface area contributed by atoms with Gasteiger partial charge in [0.05, 0.1) is 12.6 Å². The minimum atomic E-state index is -0.405. The van der Waals surface area contributed by atoms with Crippen molar-refractivity contribution in [1.29, 1.82) is 0 Å². The number of hydrogen-bond acceptors (Lipinski definition) is 4. The first-order valence-electron chi connectivity index (χ1n) is 9.54. The predicted octanol–water partition coefficient (Wildman–Crippen LogP) is 3.47. The zero-order chi connectivity index (χ0) is 17.6. The number of aliphatic hydroxyl groups excluding tert-OH is 1. The predicted molar refractivity (Wildman–Crippen MR) is 99.1 cm³/mol. The van der Waals surface area contributed by atoms with Crippen LogP contribution in [0.4, 0.5) is 0 Å². The van der Waals surface area contributed by atoms with E-state index >= 15 is 0 Å². The molecular formula is C20H30N4O. The second-order valence-corrected chi connectivity index (χ2v) is 7.04. The van der Waals surface area contributed by atoms with Gasteiger partial charge in [0.2, 0.25) is 0 Å². The normalized spacial score (nSPS) is 20.4. The Hall–Kier alpha value is -1.72. The molecule has 0 spiro atoms. The van der Waals surface area contributed by atoms with E-state index in [1.54, 1.807) is 0 Å². The van der Waals surface area contributed by atoms with Crippen LogP contribution in [0.1, 0.15) is 62.3 Å². The number of rotatable bonds is 6. The molecular weight excluding hydrogens is 312 g/mol. The third-order valence-corrected chi connectivity index (χ3v) is 5.35. The Balaban J connectivity index is 1.73. The molecule has 1 N–H and O–H groups in total. The highest BCUT2D eigenvalue weighted by atomic mass is 16.3. The van der Waals surface area contributed by atoms with E-state index in [2.05, 4.69) is 26.6 Å². The highest BCUT2D eigenvalue weighted by Crippen LogP contribution is 2.27. The van der Waals surface area contributed by atoms with E-state index < -0.39 is 6.10 Å². The summed E-state index contributed by atoms with van der Waals surface area (Å²) in [5.41, 5.74) is 1.01. The van der Waals surface area contributed by atoms with E-state index in [1.807, 2.05) is 37.3 Å².